The second-order valence-corrected chi connectivity index (χ2v) is 5.31. The highest BCUT2D eigenvalue weighted by Crippen LogP contribution is 2.24. The average Bonchev–Trinajstić information content (AvgIpc) is 2.60. The van der Waals surface area contributed by atoms with Gasteiger partial charge in [0.2, 0.25) is 5.91 Å². The third kappa shape index (κ3) is 5.83. The summed E-state index contributed by atoms with van der Waals surface area (Å²) in [7, 11) is 0. The molecule has 4 nitrogen and oxygen atoms in total. The first-order chi connectivity index (χ1) is 11.7. The van der Waals surface area contributed by atoms with Crippen LogP contribution in [0.1, 0.15) is 31.7 Å². The Morgan fingerprint density at radius 3 is 2.92 bits per heavy atom. The Kier molecular flexibility index (Phi) is 6.95. The highest BCUT2D eigenvalue weighted by atomic mass is 19.1. The number of benzene rings is 1. The molecule has 1 amide bonds. The first-order valence-electron chi connectivity index (χ1n) is 8.02. The summed E-state index contributed by atoms with van der Waals surface area (Å²) in [6, 6.07) is 7.95. The number of carbonyl (C=O) groups excluding carboxylic acids is 1. The highest BCUT2D eigenvalue weighted by molar-refractivity contribution is 5.91. The molecular formula is C19H21FN2O2. The van der Waals surface area contributed by atoms with Crippen LogP contribution in [0.2, 0.25) is 0 Å². The minimum atomic E-state index is -0.496. The Morgan fingerprint density at radius 2 is 2.21 bits per heavy atom. The maximum atomic E-state index is 14.1. The average molecular weight is 328 g/mol. The molecule has 1 heterocycles. The normalized spacial score (nSPS) is 10.8. The van der Waals surface area contributed by atoms with Crippen molar-refractivity contribution in [2.45, 2.75) is 26.2 Å². The first-order valence-corrected chi connectivity index (χ1v) is 8.02. The van der Waals surface area contributed by atoms with E-state index in [1.807, 2.05) is 0 Å². The summed E-state index contributed by atoms with van der Waals surface area (Å²) in [6.45, 7) is 2.77. The van der Waals surface area contributed by atoms with Gasteiger partial charge in [-0.15, -0.1) is 0 Å². The third-order valence-corrected chi connectivity index (χ3v) is 3.32. The topological polar surface area (TPSA) is 51.2 Å². The molecule has 0 aliphatic heterocycles. The van der Waals surface area contributed by atoms with Gasteiger partial charge in [0.15, 0.2) is 11.6 Å². The van der Waals surface area contributed by atoms with Crippen molar-refractivity contribution in [1.29, 1.82) is 0 Å². The Hall–Kier alpha value is -2.69. The van der Waals surface area contributed by atoms with Gasteiger partial charge in [-0.2, -0.15) is 0 Å². The molecule has 0 radical (unpaired) electrons. The molecule has 0 aliphatic rings. The van der Waals surface area contributed by atoms with Crippen LogP contribution in [0.4, 0.5) is 4.39 Å². The number of amides is 1. The quantitative estimate of drug-likeness (QED) is 0.579. The number of rotatable bonds is 8. The maximum Gasteiger partial charge on any atom is 0.243 e. The molecule has 0 unspecified atom stereocenters. The number of aromatic nitrogens is 1. The first kappa shape index (κ1) is 17.7. The van der Waals surface area contributed by atoms with E-state index in [2.05, 4.69) is 17.2 Å². The number of carbonyl (C=O) groups is 1. The number of pyridine rings is 1. The van der Waals surface area contributed by atoms with Crippen LogP contribution in [0.25, 0.3) is 6.08 Å². The number of nitrogens with zero attached hydrogens (tertiary/aromatic N) is 1. The zero-order valence-corrected chi connectivity index (χ0v) is 13.7. The lowest BCUT2D eigenvalue weighted by Crippen LogP contribution is -2.21. The second kappa shape index (κ2) is 9.45. The van der Waals surface area contributed by atoms with Gasteiger partial charge < -0.3 is 10.1 Å². The monoisotopic (exact) mass is 328 g/mol. The van der Waals surface area contributed by atoms with Crippen molar-refractivity contribution in [2.24, 2.45) is 0 Å². The van der Waals surface area contributed by atoms with Crippen molar-refractivity contribution in [2.75, 3.05) is 6.54 Å². The molecule has 1 aromatic heterocycles. The number of halogens is 1. The largest absolute Gasteiger partial charge is 0.453 e. The molecule has 0 atom stereocenters. The van der Waals surface area contributed by atoms with Crippen LogP contribution >= 0.6 is 0 Å². The SMILES string of the molecule is CCCCCNC(=O)/C=C/c1ccc(Oc2cccnc2)c(F)c1. The van der Waals surface area contributed by atoms with Crippen LogP contribution < -0.4 is 10.1 Å². The summed E-state index contributed by atoms with van der Waals surface area (Å²) >= 11 is 0. The van der Waals surface area contributed by atoms with Gasteiger partial charge in [-0.05, 0) is 42.3 Å². The van der Waals surface area contributed by atoms with Crippen LogP contribution in [0.15, 0.2) is 48.8 Å². The lowest BCUT2D eigenvalue weighted by atomic mass is 10.2. The van der Waals surface area contributed by atoms with E-state index < -0.39 is 5.82 Å². The van der Waals surface area contributed by atoms with Gasteiger partial charge in [-0.3, -0.25) is 9.78 Å². The Balaban J connectivity index is 1.91. The summed E-state index contributed by atoms with van der Waals surface area (Å²) in [5.74, 6) is -0.0955. The minimum absolute atomic E-state index is 0.115. The second-order valence-electron chi connectivity index (χ2n) is 5.31. The van der Waals surface area contributed by atoms with Crippen LogP contribution in [-0.4, -0.2) is 17.4 Å². The standard InChI is InChI=1S/C19H21FN2O2/c1-2-3-4-12-22-19(23)10-8-15-7-9-18(17(20)13-15)24-16-6-5-11-21-14-16/h5-11,13-14H,2-4,12H2,1H3,(H,22,23)/b10-8+. The molecule has 0 spiro atoms. The number of hydrogen-bond donors (Lipinski definition) is 1. The van der Waals surface area contributed by atoms with Crippen molar-refractivity contribution in [3.05, 3.63) is 60.2 Å². The number of hydrogen-bond acceptors (Lipinski definition) is 3. The van der Waals surface area contributed by atoms with Crippen LogP contribution in [0.3, 0.4) is 0 Å². The summed E-state index contributed by atoms with van der Waals surface area (Å²) in [4.78, 5) is 15.6. The molecule has 1 aromatic carbocycles. The van der Waals surface area contributed by atoms with Gasteiger partial charge >= 0.3 is 0 Å². The smallest absolute Gasteiger partial charge is 0.243 e. The van der Waals surface area contributed by atoms with E-state index in [0.29, 0.717) is 17.9 Å². The number of unbranched alkanes of at least 4 members (excludes halogenated alkanes) is 2. The molecule has 2 rings (SSSR count). The molecule has 0 aliphatic carbocycles. The molecule has 24 heavy (non-hydrogen) atoms. The molecule has 0 saturated carbocycles. The molecule has 1 N–H and O–H groups in total. The zero-order chi connectivity index (χ0) is 17.2. The zero-order valence-electron chi connectivity index (χ0n) is 13.7. The van der Waals surface area contributed by atoms with E-state index in [0.717, 1.165) is 19.3 Å². The summed E-state index contributed by atoms with van der Waals surface area (Å²) in [5.41, 5.74) is 0.592. The van der Waals surface area contributed by atoms with Crippen molar-refractivity contribution in [3.8, 4) is 11.5 Å². The molecular weight excluding hydrogens is 307 g/mol. The van der Waals surface area contributed by atoms with Crippen molar-refractivity contribution < 1.29 is 13.9 Å². The van der Waals surface area contributed by atoms with Gasteiger partial charge in [0.25, 0.3) is 0 Å². The van der Waals surface area contributed by atoms with Crippen LogP contribution in [0, 0.1) is 5.82 Å². The third-order valence-electron chi connectivity index (χ3n) is 3.32. The van der Waals surface area contributed by atoms with Gasteiger partial charge in [-0.25, -0.2) is 4.39 Å². The van der Waals surface area contributed by atoms with E-state index in [1.54, 1.807) is 30.5 Å². The highest BCUT2D eigenvalue weighted by Gasteiger charge is 2.05. The van der Waals surface area contributed by atoms with E-state index in [1.165, 1.54) is 24.4 Å². The van der Waals surface area contributed by atoms with E-state index >= 15 is 0 Å². The summed E-state index contributed by atoms with van der Waals surface area (Å²) in [6.07, 6.45) is 9.27. The van der Waals surface area contributed by atoms with Gasteiger partial charge in [0.1, 0.15) is 5.75 Å². The summed E-state index contributed by atoms with van der Waals surface area (Å²) < 4.78 is 19.5. The van der Waals surface area contributed by atoms with E-state index in [4.69, 9.17) is 4.74 Å². The maximum absolute atomic E-state index is 14.1. The van der Waals surface area contributed by atoms with Crippen molar-refractivity contribution in [3.63, 3.8) is 0 Å². The van der Waals surface area contributed by atoms with Crippen LogP contribution in [0.5, 0.6) is 11.5 Å². The summed E-state index contributed by atoms with van der Waals surface area (Å²) in [5, 5.41) is 2.80. The predicted molar refractivity (Wildman–Crippen MR) is 92.3 cm³/mol. The van der Waals surface area contributed by atoms with Gasteiger partial charge in [0, 0.05) is 18.8 Å². The lowest BCUT2D eigenvalue weighted by Gasteiger charge is -2.06. The number of ether oxygens (including phenoxy) is 1. The Bertz CT molecular complexity index is 687. The molecule has 0 bridgehead atoms. The van der Waals surface area contributed by atoms with Gasteiger partial charge in [-0.1, -0.05) is 25.8 Å². The van der Waals surface area contributed by atoms with Gasteiger partial charge in [0.05, 0.1) is 6.20 Å². The fourth-order valence-corrected chi connectivity index (χ4v) is 2.06. The minimum Gasteiger partial charge on any atom is -0.453 e. The lowest BCUT2D eigenvalue weighted by molar-refractivity contribution is -0.116. The number of nitrogens with one attached hydrogen (secondary N) is 1. The van der Waals surface area contributed by atoms with Crippen molar-refractivity contribution >= 4 is 12.0 Å². The fraction of sp³-hybridized carbons (Fsp3) is 0.263. The molecule has 0 fully saturated rings. The fourth-order valence-electron chi connectivity index (χ4n) is 2.06. The molecule has 0 saturated heterocycles. The molecule has 2 aromatic rings. The molecule has 5 heteroatoms. The van der Waals surface area contributed by atoms with Crippen LogP contribution in [-0.2, 0) is 4.79 Å². The van der Waals surface area contributed by atoms with E-state index in [-0.39, 0.29) is 11.7 Å². The van der Waals surface area contributed by atoms with Crippen molar-refractivity contribution in [1.82, 2.24) is 10.3 Å². The molecule has 126 valence electrons. The van der Waals surface area contributed by atoms with E-state index in [9.17, 15) is 9.18 Å². The predicted octanol–water partition coefficient (Wildman–Crippen LogP) is 4.33. The Labute approximate surface area is 141 Å². The Morgan fingerprint density at radius 1 is 1.33 bits per heavy atom.